The average molecular weight is 327 g/mol. The summed E-state index contributed by atoms with van der Waals surface area (Å²) in [6.07, 6.45) is 1.50. The normalized spacial score (nSPS) is 10.6. The molecule has 6 nitrogen and oxygen atoms in total. The molecule has 0 saturated heterocycles. The summed E-state index contributed by atoms with van der Waals surface area (Å²) in [6, 6.07) is 9.22. The van der Waals surface area contributed by atoms with E-state index in [4.69, 9.17) is 0 Å². The third-order valence-corrected chi connectivity index (χ3v) is 3.49. The van der Waals surface area contributed by atoms with E-state index >= 15 is 0 Å². The number of H-pyrrole nitrogens is 1. The number of esters is 1. The first-order chi connectivity index (χ1) is 11.6. The SMILES string of the molecule is COC(=O)Cc1cccc(NC(=O)c2cc(F)cc3[nH]cnc23)c1. The molecule has 7 heteroatoms. The van der Waals surface area contributed by atoms with Crippen molar-refractivity contribution in [1.29, 1.82) is 0 Å². The van der Waals surface area contributed by atoms with E-state index in [2.05, 4.69) is 20.0 Å². The number of aromatic nitrogens is 2. The fourth-order valence-corrected chi connectivity index (χ4v) is 2.38. The van der Waals surface area contributed by atoms with E-state index in [1.54, 1.807) is 24.3 Å². The van der Waals surface area contributed by atoms with Crippen molar-refractivity contribution in [2.45, 2.75) is 6.42 Å². The zero-order chi connectivity index (χ0) is 17.1. The van der Waals surface area contributed by atoms with Crippen LogP contribution in [0.3, 0.4) is 0 Å². The van der Waals surface area contributed by atoms with E-state index in [0.717, 1.165) is 6.07 Å². The Hall–Kier alpha value is -3.22. The van der Waals surface area contributed by atoms with Gasteiger partial charge in [0.25, 0.3) is 5.91 Å². The van der Waals surface area contributed by atoms with Crippen molar-refractivity contribution >= 4 is 28.6 Å². The van der Waals surface area contributed by atoms with Crippen molar-refractivity contribution in [2.75, 3.05) is 12.4 Å². The molecular formula is C17H14FN3O3. The van der Waals surface area contributed by atoms with Gasteiger partial charge in [0.15, 0.2) is 0 Å². The van der Waals surface area contributed by atoms with Gasteiger partial charge in [-0.25, -0.2) is 9.37 Å². The van der Waals surface area contributed by atoms with Crippen LogP contribution in [0.15, 0.2) is 42.7 Å². The van der Waals surface area contributed by atoms with Crippen molar-refractivity contribution in [2.24, 2.45) is 0 Å². The van der Waals surface area contributed by atoms with Crippen molar-refractivity contribution < 1.29 is 18.7 Å². The number of benzene rings is 2. The molecule has 0 aliphatic heterocycles. The van der Waals surface area contributed by atoms with Crippen LogP contribution >= 0.6 is 0 Å². The second kappa shape index (κ2) is 6.49. The highest BCUT2D eigenvalue weighted by Gasteiger charge is 2.15. The minimum atomic E-state index is -0.531. The maximum atomic E-state index is 13.6. The second-order valence-electron chi connectivity index (χ2n) is 5.16. The number of fused-ring (bicyclic) bond motifs is 1. The number of nitrogens with zero attached hydrogens (tertiary/aromatic N) is 1. The Morgan fingerprint density at radius 2 is 2.12 bits per heavy atom. The zero-order valence-electron chi connectivity index (χ0n) is 12.8. The van der Waals surface area contributed by atoms with E-state index < -0.39 is 11.7 Å². The molecule has 3 aromatic rings. The maximum Gasteiger partial charge on any atom is 0.309 e. The molecule has 0 saturated carbocycles. The molecule has 0 bridgehead atoms. The number of carbonyl (C=O) groups excluding carboxylic acids is 2. The predicted molar refractivity (Wildman–Crippen MR) is 86.2 cm³/mol. The van der Waals surface area contributed by atoms with Crippen molar-refractivity contribution in [1.82, 2.24) is 9.97 Å². The standard InChI is InChI=1S/C17H14FN3O3/c1-24-15(22)6-10-3-2-4-12(5-10)21-17(23)13-7-11(18)8-14-16(13)20-9-19-14/h2-5,7-9H,6H2,1H3,(H,19,20)(H,21,23). The monoisotopic (exact) mass is 327 g/mol. The Morgan fingerprint density at radius 3 is 2.92 bits per heavy atom. The summed E-state index contributed by atoms with van der Waals surface area (Å²) in [5.41, 5.74) is 2.15. The molecule has 122 valence electrons. The fourth-order valence-electron chi connectivity index (χ4n) is 2.38. The van der Waals surface area contributed by atoms with Gasteiger partial charge < -0.3 is 15.0 Å². The van der Waals surface area contributed by atoms with Gasteiger partial charge in [0.2, 0.25) is 0 Å². The molecule has 0 radical (unpaired) electrons. The van der Waals surface area contributed by atoms with Crippen LogP contribution in [0.5, 0.6) is 0 Å². The Labute approximate surface area is 136 Å². The first-order valence-corrected chi connectivity index (χ1v) is 7.16. The van der Waals surface area contributed by atoms with Gasteiger partial charge in [-0.1, -0.05) is 12.1 Å². The summed E-state index contributed by atoms with van der Waals surface area (Å²) in [5.74, 6) is -1.39. The summed E-state index contributed by atoms with van der Waals surface area (Å²) in [6.45, 7) is 0. The Kier molecular flexibility index (Phi) is 4.24. The topological polar surface area (TPSA) is 84.1 Å². The molecule has 0 spiro atoms. The maximum absolute atomic E-state index is 13.6. The molecular weight excluding hydrogens is 313 g/mol. The summed E-state index contributed by atoms with van der Waals surface area (Å²) in [5, 5.41) is 2.69. The van der Waals surface area contributed by atoms with Crippen LogP contribution in [0.4, 0.5) is 10.1 Å². The highest BCUT2D eigenvalue weighted by atomic mass is 19.1. The number of rotatable bonds is 4. The van der Waals surface area contributed by atoms with Crippen LogP contribution in [0.2, 0.25) is 0 Å². The summed E-state index contributed by atoms with van der Waals surface area (Å²) in [4.78, 5) is 30.6. The van der Waals surface area contributed by atoms with Crippen molar-refractivity contribution in [3.05, 3.63) is 59.7 Å². The highest BCUT2D eigenvalue weighted by Crippen LogP contribution is 2.19. The third kappa shape index (κ3) is 3.24. The van der Waals surface area contributed by atoms with Gasteiger partial charge in [0, 0.05) is 5.69 Å². The molecule has 2 aromatic carbocycles. The highest BCUT2D eigenvalue weighted by molar-refractivity contribution is 6.11. The lowest BCUT2D eigenvalue weighted by Gasteiger charge is -2.08. The number of hydrogen-bond acceptors (Lipinski definition) is 4. The predicted octanol–water partition coefficient (Wildman–Crippen LogP) is 2.67. The van der Waals surface area contributed by atoms with Crippen molar-refractivity contribution in [3.8, 4) is 0 Å². The van der Waals surface area contributed by atoms with Gasteiger partial charge in [-0.05, 0) is 29.8 Å². The largest absolute Gasteiger partial charge is 0.469 e. The molecule has 0 atom stereocenters. The van der Waals surface area contributed by atoms with Crippen LogP contribution in [-0.2, 0) is 16.0 Å². The number of hydrogen-bond donors (Lipinski definition) is 2. The smallest absolute Gasteiger partial charge is 0.309 e. The van der Waals surface area contributed by atoms with Gasteiger partial charge >= 0.3 is 5.97 Å². The van der Waals surface area contributed by atoms with Crippen LogP contribution in [0, 0.1) is 5.82 Å². The molecule has 0 unspecified atom stereocenters. The number of amides is 1. The molecule has 24 heavy (non-hydrogen) atoms. The molecule has 1 heterocycles. The van der Waals surface area contributed by atoms with Gasteiger partial charge in [0.05, 0.1) is 30.9 Å². The fraction of sp³-hybridized carbons (Fsp3) is 0.118. The number of imidazole rings is 1. The van der Waals surface area contributed by atoms with E-state index in [-0.39, 0.29) is 18.0 Å². The summed E-state index contributed by atoms with van der Waals surface area (Å²) < 4.78 is 18.3. The molecule has 0 fully saturated rings. The van der Waals surface area contributed by atoms with Gasteiger partial charge in [-0.15, -0.1) is 0 Å². The van der Waals surface area contributed by atoms with Crippen LogP contribution < -0.4 is 5.32 Å². The van der Waals surface area contributed by atoms with Gasteiger partial charge in [0.1, 0.15) is 11.3 Å². The third-order valence-electron chi connectivity index (χ3n) is 3.49. The Balaban J connectivity index is 1.85. The first-order valence-electron chi connectivity index (χ1n) is 7.16. The van der Waals surface area contributed by atoms with E-state index in [0.29, 0.717) is 22.3 Å². The first kappa shape index (κ1) is 15.7. The lowest BCUT2D eigenvalue weighted by atomic mass is 10.1. The second-order valence-corrected chi connectivity index (χ2v) is 5.16. The molecule has 1 aromatic heterocycles. The Morgan fingerprint density at radius 1 is 1.29 bits per heavy atom. The number of ether oxygens (including phenoxy) is 1. The molecule has 0 aliphatic carbocycles. The van der Waals surface area contributed by atoms with Crippen LogP contribution in [-0.4, -0.2) is 29.0 Å². The molecule has 0 aliphatic rings. The molecule has 1 amide bonds. The number of anilines is 1. The van der Waals surface area contributed by atoms with Gasteiger partial charge in [-0.3, -0.25) is 9.59 Å². The molecule has 2 N–H and O–H groups in total. The lowest BCUT2D eigenvalue weighted by Crippen LogP contribution is -2.13. The van der Waals surface area contributed by atoms with Gasteiger partial charge in [-0.2, -0.15) is 0 Å². The van der Waals surface area contributed by atoms with Crippen molar-refractivity contribution in [3.63, 3.8) is 0 Å². The lowest BCUT2D eigenvalue weighted by molar-refractivity contribution is -0.139. The van der Waals surface area contributed by atoms with E-state index in [1.165, 1.54) is 19.5 Å². The van der Waals surface area contributed by atoms with Crippen LogP contribution in [0.1, 0.15) is 15.9 Å². The average Bonchev–Trinajstić information content (AvgIpc) is 3.02. The number of halogens is 1. The number of methoxy groups -OCH3 is 1. The van der Waals surface area contributed by atoms with Crippen LogP contribution in [0.25, 0.3) is 11.0 Å². The molecule has 3 rings (SSSR count). The summed E-state index contributed by atoms with van der Waals surface area (Å²) in [7, 11) is 1.31. The summed E-state index contributed by atoms with van der Waals surface area (Å²) >= 11 is 0. The minimum absolute atomic E-state index is 0.101. The number of nitrogens with one attached hydrogen (secondary N) is 2. The van der Waals surface area contributed by atoms with E-state index in [1.807, 2.05) is 0 Å². The number of carbonyl (C=O) groups is 2. The van der Waals surface area contributed by atoms with E-state index in [9.17, 15) is 14.0 Å². The zero-order valence-corrected chi connectivity index (χ0v) is 12.8. The quantitative estimate of drug-likeness (QED) is 0.722. The minimum Gasteiger partial charge on any atom is -0.469 e. The number of aromatic amines is 1. The Bertz CT molecular complexity index is 920.